The maximum absolute atomic E-state index is 9.82. The molecule has 1 aliphatic rings. The van der Waals surface area contributed by atoms with Crippen LogP contribution < -0.4 is 4.90 Å². The highest BCUT2D eigenvalue weighted by atomic mass is 16.3. The van der Waals surface area contributed by atoms with Crippen LogP contribution in [0.25, 0.3) is 22.2 Å². The van der Waals surface area contributed by atoms with Crippen molar-refractivity contribution in [3.05, 3.63) is 47.3 Å². The normalized spacial score (nSPS) is 17.0. The fraction of sp³-hybridized carbons (Fsp3) is 0.364. The standard InChI is InChI=1S/C22H24N4O/c1-14-18(12-23)20-22(27-15(2)24-20)21(19(14)16-8-6-5-7-9-16)26-11-10-17(13-26)25(3)4/h5-9,17H,10-11,13H2,1-4H3/t17-/m0/s1. The number of nitrogens with zero attached hydrogens (tertiary/aromatic N) is 4. The van der Waals surface area contributed by atoms with E-state index in [0.29, 0.717) is 23.0 Å². The van der Waals surface area contributed by atoms with Gasteiger partial charge in [-0.05, 0) is 38.6 Å². The molecule has 1 atom stereocenters. The minimum atomic E-state index is 0.503. The number of hydrogen-bond acceptors (Lipinski definition) is 5. The van der Waals surface area contributed by atoms with Crippen LogP contribution in [0.5, 0.6) is 0 Å². The summed E-state index contributed by atoms with van der Waals surface area (Å²) < 4.78 is 6.05. The molecule has 2 aromatic carbocycles. The molecule has 2 heterocycles. The Kier molecular flexibility index (Phi) is 4.37. The van der Waals surface area contributed by atoms with Crippen LogP contribution in [0.15, 0.2) is 34.7 Å². The highest BCUT2D eigenvalue weighted by molar-refractivity contribution is 6.02. The first kappa shape index (κ1) is 17.6. The summed E-state index contributed by atoms with van der Waals surface area (Å²) in [5, 5.41) is 9.82. The Hall–Kier alpha value is -2.84. The number of aromatic nitrogens is 1. The molecule has 0 spiro atoms. The van der Waals surface area contributed by atoms with Crippen molar-refractivity contribution in [2.75, 3.05) is 32.1 Å². The molecule has 0 N–H and O–H groups in total. The van der Waals surface area contributed by atoms with Gasteiger partial charge < -0.3 is 14.2 Å². The smallest absolute Gasteiger partial charge is 0.192 e. The van der Waals surface area contributed by atoms with Gasteiger partial charge in [0, 0.05) is 31.6 Å². The van der Waals surface area contributed by atoms with Crippen molar-refractivity contribution in [3.63, 3.8) is 0 Å². The van der Waals surface area contributed by atoms with Crippen LogP contribution in [0.4, 0.5) is 5.69 Å². The SMILES string of the molecule is Cc1nc2c(C#N)c(C)c(-c3ccccc3)c(N3CC[C@H](N(C)C)C3)c2o1. The van der Waals surface area contributed by atoms with E-state index in [2.05, 4.69) is 47.1 Å². The first-order valence-electron chi connectivity index (χ1n) is 9.31. The topological polar surface area (TPSA) is 56.3 Å². The van der Waals surface area contributed by atoms with Crippen LogP contribution in [0.2, 0.25) is 0 Å². The van der Waals surface area contributed by atoms with Crippen LogP contribution in [-0.2, 0) is 0 Å². The van der Waals surface area contributed by atoms with Gasteiger partial charge in [-0.1, -0.05) is 30.3 Å². The second-order valence-corrected chi connectivity index (χ2v) is 7.46. The molecule has 0 unspecified atom stereocenters. The van der Waals surface area contributed by atoms with Gasteiger partial charge in [0.25, 0.3) is 0 Å². The van der Waals surface area contributed by atoms with E-state index < -0.39 is 0 Å². The molecule has 1 fully saturated rings. The van der Waals surface area contributed by atoms with Crippen molar-refractivity contribution in [1.29, 1.82) is 5.26 Å². The van der Waals surface area contributed by atoms with E-state index in [4.69, 9.17) is 4.42 Å². The van der Waals surface area contributed by atoms with Gasteiger partial charge in [0.1, 0.15) is 11.6 Å². The quantitative estimate of drug-likeness (QED) is 0.703. The highest BCUT2D eigenvalue weighted by Gasteiger charge is 2.31. The zero-order valence-electron chi connectivity index (χ0n) is 16.3. The lowest BCUT2D eigenvalue weighted by Gasteiger charge is -2.25. The van der Waals surface area contributed by atoms with Gasteiger partial charge in [0.05, 0.1) is 11.3 Å². The van der Waals surface area contributed by atoms with E-state index in [1.807, 2.05) is 32.0 Å². The molecule has 5 nitrogen and oxygen atoms in total. The molecule has 0 bridgehead atoms. The van der Waals surface area contributed by atoms with Crippen LogP contribution >= 0.6 is 0 Å². The highest BCUT2D eigenvalue weighted by Crippen LogP contribution is 2.43. The lowest BCUT2D eigenvalue weighted by atomic mass is 9.93. The van der Waals surface area contributed by atoms with Gasteiger partial charge in [-0.3, -0.25) is 0 Å². The van der Waals surface area contributed by atoms with E-state index in [-0.39, 0.29) is 0 Å². The van der Waals surface area contributed by atoms with Gasteiger partial charge in [0.2, 0.25) is 0 Å². The zero-order valence-corrected chi connectivity index (χ0v) is 16.3. The Labute approximate surface area is 159 Å². The third kappa shape index (κ3) is 2.87. The molecule has 1 aromatic heterocycles. The first-order valence-corrected chi connectivity index (χ1v) is 9.31. The summed E-state index contributed by atoms with van der Waals surface area (Å²) in [6.07, 6.45) is 1.11. The average Bonchev–Trinajstić information content (AvgIpc) is 3.28. The average molecular weight is 360 g/mol. The number of likely N-dealkylation sites (N-methyl/N-ethyl adjacent to an activating group) is 1. The number of nitriles is 1. The monoisotopic (exact) mass is 360 g/mol. The fourth-order valence-electron chi connectivity index (χ4n) is 4.11. The Bertz CT molecular complexity index is 1030. The molecule has 0 aliphatic carbocycles. The summed E-state index contributed by atoms with van der Waals surface area (Å²) in [5.41, 5.74) is 6.22. The number of rotatable bonds is 3. The van der Waals surface area contributed by atoms with E-state index in [1.54, 1.807) is 0 Å². The van der Waals surface area contributed by atoms with E-state index in [1.165, 1.54) is 0 Å². The summed E-state index contributed by atoms with van der Waals surface area (Å²) in [5.74, 6) is 0.593. The summed E-state index contributed by atoms with van der Waals surface area (Å²) >= 11 is 0. The third-order valence-corrected chi connectivity index (χ3v) is 5.56. The molecular formula is C22H24N4O. The number of benzene rings is 2. The fourth-order valence-corrected chi connectivity index (χ4v) is 4.11. The molecule has 138 valence electrons. The van der Waals surface area contributed by atoms with Crippen LogP contribution in [0.1, 0.15) is 23.4 Å². The Morgan fingerprint density at radius 3 is 2.59 bits per heavy atom. The molecule has 27 heavy (non-hydrogen) atoms. The van der Waals surface area contributed by atoms with Crippen LogP contribution in [-0.4, -0.2) is 43.1 Å². The molecular weight excluding hydrogens is 336 g/mol. The van der Waals surface area contributed by atoms with Crippen molar-refractivity contribution < 1.29 is 4.42 Å². The second kappa shape index (κ2) is 6.71. The summed E-state index contributed by atoms with van der Waals surface area (Å²) in [4.78, 5) is 9.22. The Morgan fingerprint density at radius 2 is 1.96 bits per heavy atom. The van der Waals surface area contributed by atoms with Gasteiger partial charge >= 0.3 is 0 Å². The van der Waals surface area contributed by atoms with Crippen molar-refractivity contribution in [2.45, 2.75) is 26.3 Å². The maximum Gasteiger partial charge on any atom is 0.192 e. The molecule has 5 heteroatoms. The summed E-state index contributed by atoms with van der Waals surface area (Å²) in [7, 11) is 4.26. The van der Waals surface area contributed by atoms with Crippen molar-refractivity contribution in [2.24, 2.45) is 0 Å². The predicted molar refractivity (Wildman–Crippen MR) is 108 cm³/mol. The largest absolute Gasteiger partial charge is 0.439 e. The molecule has 3 aromatic rings. The van der Waals surface area contributed by atoms with Gasteiger partial charge in [-0.15, -0.1) is 0 Å². The molecule has 0 saturated carbocycles. The molecule has 0 amide bonds. The van der Waals surface area contributed by atoms with Crippen LogP contribution in [0.3, 0.4) is 0 Å². The number of hydrogen-bond donors (Lipinski definition) is 0. The summed E-state index contributed by atoms with van der Waals surface area (Å²) in [6, 6.07) is 13.1. The van der Waals surface area contributed by atoms with E-state index in [9.17, 15) is 5.26 Å². The predicted octanol–water partition coefficient (Wildman–Crippen LogP) is 4.12. The third-order valence-electron chi connectivity index (χ3n) is 5.56. The zero-order chi connectivity index (χ0) is 19.1. The minimum Gasteiger partial charge on any atom is -0.439 e. The molecule has 1 aliphatic heterocycles. The van der Waals surface area contributed by atoms with Crippen molar-refractivity contribution >= 4 is 16.8 Å². The Balaban J connectivity index is 2.02. The van der Waals surface area contributed by atoms with Gasteiger partial charge in [-0.25, -0.2) is 4.98 Å². The summed E-state index contributed by atoms with van der Waals surface area (Å²) in [6.45, 7) is 5.76. The first-order chi connectivity index (χ1) is 13.0. The second-order valence-electron chi connectivity index (χ2n) is 7.46. The number of anilines is 1. The van der Waals surface area contributed by atoms with Crippen molar-refractivity contribution in [1.82, 2.24) is 9.88 Å². The lowest BCUT2D eigenvalue weighted by Crippen LogP contribution is -2.31. The number of aryl methyl sites for hydroxylation is 1. The maximum atomic E-state index is 9.82. The molecule has 0 radical (unpaired) electrons. The molecule has 1 saturated heterocycles. The number of fused-ring (bicyclic) bond motifs is 1. The van der Waals surface area contributed by atoms with Gasteiger partial charge in [0.15, 0.2) is 11.5 Å². The van der Waals surface area contributed by atoms with Gasteiger partial charge in [-0.2, -0.15) is 5.26 Å². The van der Waals surface area contributed by atoms with E-state index in [0.717, 1.165) is 47.5 Å². The van der Waals surface area contributed by atoms with E-state index >= 15 is 0 Å². The molecule has 4 rings (SSSR count). The number of oxazole rings is 1. The van der Waals surface area contributed by atoms with Crippen LogP contribution in [0, 0.1) is 25.2 Å². The minimum absolute atomic E-state index is 0.503. The Morgan fingerprint density at radius 1 is 1.22 bits per heavy atom. The van der Waals surface area contributed by atoms with Crippen molar-refractivity contribution in [3.8, 4) is 17.2 Å². The lowest BCUT2D eigenvalue weighted by molar-refractivity contribution is 0.315.